The molecule has 0 spiro atoms. The van der Waals surface area contributed by atoms with Gasteiger partial charge >= 0.3 is 0 Å². The summed E-state index contributed by atoms with van der Waals surface area (Å²) in [5.74, 6) is 0.0346. The number of Topliss-reactive ketones (excluding diaryl/α,β-unsaturated/α-hetero) is 1. The molecular formula is C19H19NO2. The van der Waals surface area contributed by atoms with Gasteiger partial charge < -0.3 is 0 Å². The number of ketones is 1. The Morgan fingerprint density at radius 3 is 2.64 bits per heavy atom. The minimum absolute atomic E-state index is 0.0324. The molecule has 2 aromatic rings. The molecule has 0 aliphatic heterocycles. The maximum absolute atomic E-state index is 12.2. The van der Waals surface area contributed by atoms with E-state index in [1.807, 2.05) is 24.3 Å². The molecule has 3 rings (SSSR count). The van der Waals surface area contributed by atoms with Crippen LogP contribution in [0.25, 0.3) is 5.70 Å². The van der Waals surface area contributed by atoms with Gasteiger partial charge in [0.05, 0.1) is 5.70 Å². The van der Waals surface area contributed by atoms with E-state index in [4.69, 9.17) is 0 Å². The van der Waals surface area contributed by atoms with Crippen LogP contribution in [0.3, 0.4) is 0 Å². The number of rotatable bonds is 2. The summed E-state index contributed by atoms with van der Waals surface area (Å²) in [6.07, 6.45) is 4.80. The van der Waals surface area contributed by atoms with Crippen molar-refractivity contribution in [2.45, 2.75) is 27.2 Å². The van der Waals surface area contributed by atoms with Gasteiger partial charge in [-0.2, -0.15) is 0 Å². The molecule has 1 aromatic carbocycles. The van der Waals surface area contributed by atoms with Gasteiger partial charge in [-0.1, -0.05) is 38.1 Å². The lowest BCUT2D eigenvalue weighted by atomic mass is 9.77. The molecule has 0 saturated carbocycles. The Morgan fingerprint density at radius 2 is 1.95 bits per heavy atom. The fourth-order valence-electron chi connectivity index (χ4n) is 3.00. The number of pyridine rings is 1. The van der Waals surface area contributed by atoms with Crippen LogP contribution in [-0.4, -0.2) is 10.4 Å². The number of nitrogens with zero attached hydrogens (tertiary/aromatic N) is 1. The average Bonchev–Trinajstić information content (AvgIpc) is 2.45. The van der Waals surface area contributed by atoms with Gasteiger partial charge in [-0.15, -0.1) is 0 Å². The highest BCUT2D eigenvalue weighted by Gasteiger charge is 2.26. The van der Waals surface area contributed by atoms with Crippen LogP contribution in [-0.2, 0) is 6.42 Å². The van der Waals surface area contributed by atoms with Crippen molar-refractivity contribution in [1.29, 1.82) is 0 Å². The second-order valence-corrected chi connectivity index (χ2v) is 6.53. The quantitative estimate of drug-likeness (QED) is 0.795. The molecule has 0 amide bonds. The van der Waals surface area contributed by atoms with E-state index in [9.17, 15) is 9.59 Å². The molecule has 3 heteroatoms. The van der Waals surface area contributed by atoms with E-state index < -0.39 is 0 Å². The summed E-state index contributed by atoms with van der Waals surface area (Å²) in [4.78, 5) is 23.9. The van der Waals surface area contributed by atoms with Gasteiger partial charge in [-0.05, 0) is 36.5 Å². The summed E-state index contributed by atoms with van der Waals surface area (Å²) in [7, 11) is 0. The average molecular weight is 293 g/mol. The normalized spacial score (nSPS) is 15.9. The fourth-order valence-corrected chi connectivity index (χ4v) is 3.00. The van der Waals surface area contributed by atoms with E-state index in [1.54, 1.807) is 29.8 Å². The minimum atomic E-state index is -0.0642. The van der Waals surface area contributed by atoms with Gasteiger partial charge in [-0.3, -0.25) is 14.2 Å². The first-order chi connectivity index (χ1) is 10.4. The van der Waals surface area contributed by atoms with E-state index in [1.165, 1.54) is 5.56 Å². The van der Waals surface area contributed by atoms with Crippen molar-refractivity contribution in [1.82, 2.24) is 4.57 Å². The molecule has 0 fully saturated rings. The first-order valence-electron chi connectivity index (χ1n) is 7.42. The van der Waals surface area contributed by atoms with Crippen LogP contribution in [0.15, 0.2) is 53.5 Å². The summed E-state index contributed by atoms with van der Waals surface area (Å²) in [5, 5.41) is 0. The van der Waals surface area contributed by atoms with E-state index in [-0.39, 0.29) is 16.8 Å². The first-order valence-corrected chi connectivity index (χ1v) is 7.42. The van der Waals surface area contributed by atoms with Crippen LogP contribution in [0, 0.1) is 5.41 Å². The second-order valence-electron chi connectivity index (χ2n) is 6.53. The predicted molar refractivity (Wildman–Crippen MR) is 88.0 cm³/mol. The van der Waals surface area contributed by atoms with Gasteiger partial charge in [0.25, 0.3) is 5.56 Å². The maximum Gasteiger partial charge on any atom is 0.255 e. The maximum atomic E-state index is 12.2. The summed E-state index contributed by atoms with van der Waals surface area (Å²) < 4.78 is 1.66. The molecule has 1 aliphatic carbocycles. The number of carbonyl (C=O) groups is 1. The number of benzene rings is 1. The molecule has 0 N–H and O–H groups in total. The van der Waals surface area contributed by atoms with E-state index in [0.29, 0.717) is 5.56 Å². The molecule has 1 aromatic heterocycles. The molecule has 0 unspecified atom stereocenters. The molecule has 112 valence electrons. The van der Waals surface area contributed by atoms with E-state index in [0.717, 1.165) is 17.7 Å². The van der Waals surface area contributed by atoms with E-state index in [2.05, 4.69) is 19.9 Å². The highest BCUT2D eigenvalue weighted by atomic mass is 16.1. The van der Waals surface area contributed by atoms with Crippen LogP contribution in [0.4, 0.5) is 0 Å². The van der Waals surface area contributed by atoms with Crippen LogP contribution < -0.4 is 5.56 Å². The van der Waals surface area contributed by atoms with Crippen LogP contribution in [0.1, 0.15) is 42.3 Å². The fraction of sp³-hybridized carbons (Fsp3) is 0.263. The summed E-state index contributed by atoms with van der Waals surface area (Å²) in [6, 6.07) is 10.9. The summed E-state index contributed by atoms with van der Waals surface area (Å²) >= 11 is 0. The lowest BCUT2D eigenvalue weighted by molar-refractivity contribution is 0.101. The number of hydrogen-bond acceptors (Lipinski definition) is 2. The Labute approximate surface area is 129 Å². The topological polar surface area (TPSA) is 39.1 Å². The standard InChI is InChI=1S/C19H19NO2/c1-13(21)14-7-8-15-11-19(2,3)12-17(16(15)10-14)20-9-5-4-6-18(20)22/h4-10,12H,11H2,1-3H3. The van der Waals surface area contributed by atoms with Gasteiger partial charge in [0.15, 0.2) is 5.78 Å². The smallest absolute Gasteiger partial charge is 0.255 e. The van der Waals surface area contributed by atoms with Gasteiger partial charge in [-0.25, -0.2) is 0 Å². The van der Waals surface area contributed by atoms with Crippen molar-refractivity contribution in [3.8, 4) is 0 Å². The van der Waals surface area contributed by atoms with Gasteiger partial charge in [0.2, 0.25) is 0 Å². The molecule has 0 radical (unpaired) electrons. The zero-order valence-electron chi connectivity index (χ0n) is 13.1. The first kappa shape index (κ1) is 14.5. The van der Waals surface area contributed by atoms with Gasteiger partial charge in [0, 0.05) is 23.4 Å². The van der Waals surface area contributed by atoms with E-state index >= 15 is 0 Å². The third-order valence-corrected chi connectivity index (χ3v) is 4.05. The third-order valence-electron chi connectivity index (χ3n) is 4.05. The molecule has 3 nitrogen and oxygen atoms in total. The zero-order chi connectivity index (χ0) is 15.9. The van der Waals surface area contributed by atoms with Crippen LogP contribution >= 0.6 is 0 Å². The molecule has 1 heterocycles. The monoisotopic (exact) mass is 293 g/mol. The van der Waals surface area contributed by atoms with Crippen LogP contribution in [0.5, 0.6) is 0 Å². The number of hydrogen-bond donors (Lipinski definition) is 0. The molecular weight excluding hydrogens is 274 g/mol. The predicted octanol–water partition coefficient (Wildman–Crippen LogP) is 3.52. The van der Waals surface area contributed by atoms with Crippen LogP contribution in [0.2, 0.25) is 0 Å². The minimum Gasteiger partial charge on any atom is -0.295 e. The lowest BCUT2D eigenvalue weighted by Crippen LogP contribution is -2.25. The molecule has 0 saturated heterocycles. The van der Waals surface area contributed by atoms with Crippen molar-refractivity contribution < 1.29 is 4.79 Å². The van der Waals surface area contributed by atoms with Crippen molar-refractivity contribution in [2.24, 2.45) is 5.41 Å². The number of aromatic nitrogens is 1. The number of allylic oxidation sites excluding steroid dienone is 1. The molecule has 22 heavy (non-hydrogen) atoms. The number of fused-ring (bicyclic) bond motifs is 1. The van der Waals surface area contributed by atoms with Crippen molar-refractivity contribution in [3.63, 3.8) is 0 Å². The van der Waals surface area contributed by atoms with Gasteiger partial charge in [0.1, 0.15) is 0 Å². The Morgan fingerprint density at radius 1 is 1.18 bits per heavy atom. The summed E-state index contributed by atoms with van der Waals surface area (Å²) in [6.45, 7) is 5.87. The molecule has 0 bridgehead atoms. The third kappa shape index (κ3) is 2.54. The highest BCUT2D eigenvalue weighted by Crippen LogP contribution is 2.37. The molecule has 0 atom stereocenters. The van der Waals surface area contributed by atoms with Crippen molar-refractivity contribution in [3.05, 3.63) is 75.7 Å². The molecule has 1 aliphatic rings. The SMILES string of the molecule is CC(=O)c1ccc2c(c1)C(n1ccccc1=O)=CC(C)(C)C2. The Kier molecular flexibility index (Phi) is 3.36. The Balaban J connectivity index is 2.27. The van der Waals surface area contributed by atoms with Crippen molar-refractivity contribution in [2.75, 3.05) is 0 Å². The summed E-state index contributed by atoms with van der Waals surface area (Å²) in [5.41, 5.74) is 3.58. The van der Waals surface area contributed by atoms with Crippen molar-refractivity contribution >= 4 is 11.5 Å². The lowest BCUT2D eigenvalue weighted by Gasteiger charge is -2.30. The zero-order valence-corrected chi connectivity index (χ0v) is 13.1. The highest BCUT2D eigenvalue weighted by molar-refractivity contribution is 5.95. The Hall–Kier alpha value is -2.42. The largest absolute Gasteiger partial charge is 0.295 e. The Bertz CT molecular complexity index is 841. The second kappa shape index (κ2) is 5.09. The number of carbonyl (C=O) groups excluding carboxylic acids is 1.